The largest absolute Gasteiger partial charge is 0.481 e. The number of rotatable bonds is 11. The summed E-state index contributed by atoms with van der Waals surface area (Å²) in [5.41, 5.74) is 4.34. The van der Waals surface area contributed by atoms with Crippen LogP contribution in [0.2, 0.25) is 0 Å². The van der Waals surface area contributed by atoms with E-state index in [0.717, 1.165) is 22.3 Å². The number of methoxy groups -OCH3 is 2. The minimum atomic E-state index is -1.09. The number of hydrogen-bond donors (Lipinski definition) is 3. The lowest BCUT2D eigenvalue weighted by Gasteiger charge is -2.25. The summed E-state index contributed by atoms with van der Waals surface area (Å²) in [6.45, 7) is 1.76. The lowest BCUT2D eigenvalue weighted by molar-refractivity contribution is -0.139. The molecule has 0 aliphatic heterocycles. The van der Waals surface area contributed by atoms with Crippen molar-refractivity contribution in [3.63, 3.8) is 0 Å². The average molecular weight is 471 g/mol. The van der Waals surface area contributed by atoms with Crippen LogP contribution < -0.4 is 10.6 Å². The summed E-state index contributed by atoms with van der Waals surface area (Å²) in [5, 5.41) is 14.2. The normalized spacial score (nSPS) is 14.1. The molecule has 0 saturated heterocycles. The number of carboxylic acids is 1. The Labute approximate surface area is 198 Å². The summed E-state index contributed by atoms with van der Waals surface area (Å²) in [6, 6.07) is 14.3. The van der Waals surface area contributed by atoms with Crippen LogP contribution in [0.1, 0.15) is 36.8 Å². The van der Waals surface area contributed by atoms with Crippen LogP contribution in [0.4, 0.5) is 4.79 Å². The van der Waals surface area contributed by atoms with E-state index in [9.17, 15) is 14.4 Å². The van der Waals surface area contributed by atoms with Crippen LogP contribution >= 0.6 is 0 Å². The van der Waals surface area contributed by atoms with Gasteiger partial charge in [-0.2, -0.15) is 0 Å². The monoisotopic (exact) mass is 470 g/mol. The van der Waals surface area contributed by atoms with E-state index in [4.69, 9.17) is 19.3 Å². The predicted octanol–water partition coefficient (Wildman–Crippen LogP) is 2.88. The second kappa shape index (κ2) is 11.6. The highest BCUT2D eigenvalue weighted by atomic mass is 16.7. The molecule has 2 unspecified atom stereocenters. The zero-order chi connectivity index (χ0) is 24.7. The number of carbonyl (C=O) groups is 3. The van der Waals surface area contributed by atoms with Gasteiger partial charge in [0.2, 0.25) is 5.91 Å². The molecule has 0 fully saturated rings. The number of carboxylic acid groups (broad SMARTS) is 1. The van der Waals surface area contributed by atoms with Gasteiger partial charge in [-0.3, -0.25) is 9.59 Å². The highest BCUT2D eigenvalue weighted by Gasteiger charge is 2.30. The molecule has 2 atom stereocenters. The maximum atomic E-state index is 12.7. The average Bonchev–Trinajstić information content (AvgIpc) is 3.14. The third-order valence-corrected chi connectivity index (χ3v) is 5.84. The van der Waals surface area contributed by atoms with Gasteiger partial charge in [-0.05, 0) is 35.6 Å². The fourth-order valence-electron chi connectivity index (χ4n) is 4.22. The number of fused-ring (bicyclic) bond motifs is 3. The van der Waals surface area contributed by atoms with Gasteiger partial charge in [0.25, 0.3) is 0 Å². The molecule has 3 rings (SSSR count). The van der Waals surface area contributed by atoms with Crippen LogP contribution in [-0.2, 0) is 23.8 Å². The highest BCUT2D eigenvalue weighted by molar-refractivity contribution is 5.86. The molecule has 0 heterocycles. The molecule has 0 spiro atoms. The molecule has 0 saturated carbocycles. The highest BCUT2D eigenvalue weighted by Crippen LogP contribution is 2.44. The summed E-state index contributed by atoms with van der Waals surface area (Å²) < 4.78 is 15.8. The van der Waals surface area contributed by atoms with Crippen molar-refractivity contribution in [2.24, 2.45) is 0 Å². The smallest absolute Gasteiger partial charge is 0.407 e. The quantitative estimate of drug-likeness (QED) is 0.432. The van der Waals surface area contributed by atoms with Crippen LogP contribution in [0.15, 0.2) is 48.5 Å². The van der Waals surface area contributed by atoms with Crippen molar-refractivity contribution >= 4 is 18.0 Å². The van der Waals surface area contributed by atoms with Crippen LogP contribution in [-0.4, -0.2) is 62.3 Å². The summed E-state index contributed by atoms with van der Waals surface area (Å²) in [7, 11) is 2.88. The van der Waals surface area contributed by atoms with Gasteiger partial charge in [0.05, 0.1) is 6.04 Å². The lowest BCUT2D eigenvalue weighted by Crippen LogP contribution is -2.52. The molecule has 2 amide bonds. The topological polar surface area (TPSA) is 123 Å². The number of nitrogens with one attached hydrogen (secondary N) is 2. The van der Waals surface area contributed by atoms with Gasteiger partial charge in [0.1, 0.15) is 12.6 Å². The van der Waals surface area contributed by atoms with Crippen LogP contribution in [0.5, 0.6) is 0 Å². The zero-order valence-electron chi connectivity index (χ0n) is 19.4. The number of hydrogen-bond acceptors (Lipinski definition) is 6. The van der Waals surface area contributed by atoms with Crippen molar-refractivity contribution < 1.29 is 33.7 Å². The van der Waals surface area contributed by atoms with Crippen molar-refractivity contribution in [1.29, 1.82) is 0 Å². The minimum Gasteiger partial charge on any atom is -0.481 e. The first-order chi connectivity index (χ1) is 16.3. The fraction of sp³-hybridized carbons (Fsp3) is 0.400. The first-order valence-corrected chi connectivity index (χ1v) is 11.0. The Balaban J connectivity index is 1.65. The van der Waals surface area contributed by atoms with E-state index < -0.39 is 36.3 Å². The molecule has 0 aromatic heterocycles. The fourth-order valence-corrected chi connectivity index (χ4v) is 4.22. The first kappa shape index (κ1) is 25.2. The molecular weight excluding hydrogens is 440 g/mol. The zero-order valence-corrected chi connectivity index (χ0v) is 19.4. The maximum Gasteiger partial charge on any atom is 0.407 e. The Bertz CT molecular complexity index is 976. The summed E-state index contributed by atoms with van der Waals surface area (Å²) in [5.74, 6) is -1.76. The SMILES string of the molecule is COC(OC)C(C)NC(=O)C(CCC(=O)O)NC(=O)OCC1c2ccccc2-c2ccccc21. The van der Waals surface area contributed by atoms with Gasteiger partial charge in [-0.15, -0.1) is 0 Å². The van der Waals surface area contributed by atoms with Crippen molar-refractivity contribution in [3.8, 4) is 11.1 Å². The molecule has 182 valence electrons. The molecule has 9 nitrogen and oxygen atoms in total. The Hall–Kier alpha value is -3.43. The van der Waals surface area contributed by atoms with E-state index in [1.165, 1.54) is 14.2 Å². The number of benzene rings is 2. The van der Waals surface area contributed by atoms with E-state index in [0.29, 0.717) is 0 Å². The van der Waals surface area contributed by atoms with Crippen LogP contribution in [0.3, 0.4) is 0 Å². The van der Waals surface area contributed by atoms with Crippen molar-refractivity contribution in [3.05, 3.63) is 59.7 Å². The minimum absolute atomic E-state index is 0.0823. The molecule has 1 aliphatic rings. The Morgan fingerprint density at radius 2 is 1.50 bits per heavy atom. The van der Waals surface area contributed by atoms with E-state index in [1.807, 2.05) is 48.5 Å². The summed E-state index contributed by atoms with van der Waals surface area (Å²) in [6.07, 6.45) is -1.88. The van der Waals surface area contributed by atoms with Crippen molar-refractivity contribution in [2.75, 3.05) is 20.8 Å². The van der Waals surface area contributed by atoms with Crippen molar-refractivity contribution in [2.45, 2.75) is 44.1 Å². The second-order valence-electron chi connectivity index (χ2n) is 8.09. The Morgan fingerprint density at radius 1 is 0.941 bits per heavy atom. The maximum absolute atomic E-state index is 12.7. The first-order valence-electron chi connectivity index (χ1n) is 11.0. The molecule has 3 N–H and O–H groups in total. The van der Waals surface area contributed by atoms with Gasteiger partial charge >= 0.3 is 12.1 Å². The standard InChI is InChI=1S/C25H30N2O7/c1-15(24(32-2)33-3)26-23(30)21(12-13-22(28)29)27-25(31)34-14-20-18-10-6-4-8-16(18)17-9-5-7-11-19(17)20/h4-11,15,20-21,24H,12-14H2,1-3H3,(H,26,30)(H,27,31)(H,28,29). The molecule has 1 aliphatic carbocycles. The van der Waals surface area contributed by atoms with Gasteiger partial charge in [0.15, 0.2) is 6.29 Å². The van der Waals surface area contributed by atoms with Gasteiger partial charge < -0.3 is 30.0 Å². The predicted molar refractivity (Wildman–Crippen MR) is 124 cm³/mol. The van der Waals surface area contributed by atoms with E-state index in [1.54, 1.807) is 6.92 Å². The van der Waals surface area contributed by atoms with Gasteiger partial charge in [-0.25, -0.2) is 4.79 Å². The molecule has 0 bridgehead atoms. The lowest BCUT2D eigenvalue weighted by atomic mass is 9.98. The molecule has 2 aromatic carbocycles. The third kappa shape index (κ3) is 5.92. The van der Waals surface area contributed by atoms with Crippen LogP contribution in [0.25, 0.3) is 11.1 Å². The summed E-state index contributed by atoms with van der Waals surface area (Å²) in [4.78, 5) is 36.4. The molecule has 9 heteroatoms. The van der Waals surface area contributed by atoms with E-state index in [2.05, 4.69) is 10.6 Å². The Kier molecular flexibility index (Phi) is 8.61. The molecule has 34 heavy (non-hydrogen) atoms. The number of ether oxygens (including phenoxy) is 3. The van der Waals surface area contributed by atoms with Crippen LogP contribution in [0, 0.1) is 0 Å². The Morgan fingerprint density at radius 3 is 2.03 bits per heavy atom. The molecule has 2 aromatic rings. The third-order valence-electron chi connectivity index (χ3n) is 5.84. The number of aliphatic carboxylic acids is 1. The van der Waals surface area contributed by atoms with Gasteiger partial charge in [0, 0.05) is 26.6 Å². The summed E-state index contributed by atoms with van der Waals surface area (Å²) >= 11 is 0. The molecular formula is C25H30N2O7. The number of alkyl carbamates (subject to hydrolysis) is 1. The second-order valence-corrected chi connectivity index (χ2v) is 8.09. The van der Waals surface area contributed by atoms with Crippen molar-refractivity contribution in [1.82, 2.24) is 10.6 Å². The van der Waals surface area contributed by atoms with Gasteiger partial charge in [-0.1, -0.05) is 48.5 Å². The number of carbonyl (C=O) groups excluding carboxylic acids is 2. The van der Waals surface area contributed by atoms with E-state index in [-0.39, 0.29) is 25.4 Å². The number of amides is 2. The molecule has 0 radical (unpaired) electrons. The van der Waals surface area contributed by atoms with E-state index >= 15 is 0 Å².